The van der Waals surface area contributed by atoms with Gasteiger partial charge in [0.15, 0.2) is 17.4 Å². The summed E-state index contributed by atoms with van der Waals surface area (Å²) in [7, 11) is 3.92. The molecule has 0 saturated heterocycles. The van der Waals surface area contributed by atoms with E-state index < -0.39 is 6.04 Å². The summed E-state index contributed by atoms with van der Waals surface area (Å²) >= 11 is 11.7. The lowest BCUT2D eigenvalue weighted by atomic mass is 10.0. The monoisotopic (exact) mass is 374 g/mol. The summed E-state index contributed by atoms with van der Waals surface area (Å²) in [6.07, 6.45) is 5.39. The second-order valence-electron chi connectivity index (χ2n) is 5.68. The Morgan fingerprint density at radius 1 is 1.32 bits per heavy atom. The number of nitrogens with zero attached hydrogens (tertiary/aromatic N) is 2. The van der Waals surface area contributed by atoms with Crippen LogP contribution in [0.15, 0.2) is 61.4 Å². The maximum absolute atomic E-state index is 13.1. The molecular formula is C19H21ClN3OS+. The van der Waals surface area contributed by atoms with Gasteiger partial charge in [-0.1, -0.05) is 42.0 Å². The van der Waals surface area contributed by atoms with Crippen molar-refractivity contribution in [3.05, 3.63) is 72.0 Å². The molecule has 0 aliphatic rings. The van der Waals surface area contributed by atoms with Gasteiger partial charge in [0.05, 0.1) is 5.02 Å². The average molecular weight is 375 g/mol. The number of pyridine rings is 1. The molecule has 0 radical (unpaired) electrons. The molecule has 25 heavy (non-hydrogen) atoms. The summed E-state index contributed by atoms with van der Waals surface area (Å²) in [5.74, 6) is -0.158. The first-order valence-corrected chi connectivity index (χ1v) is 8.59. The third-order valence-corrected chi connectivity index (χ3v) is 4.40. The minimum atomic E-state index is -0.675. The Morgan fingerprint density at radius 3 is 2.52 bits per heavy atom. The first kappa shape index (κ1) is 19.1. The van der Waals surface area contributed by atoms with Gasteiger partial charge >= 0.3 is 0 Å². The Balaban J connectivity index is 2.42. The van der Waals surface area contributed by atoms with Crippen LogP contribution in [-0.2, 0) is 0 Å². The Morgan fingerprint density at radius 2 is 1.96 bits per heavy atom. The smallest absolute Gasteiger partial charge is 0.270 e. The third-order valence-electron chi connectivity index (χ3n) is 3.71. The van der Waals surface area contributed by atoms with Crippen LogP contribution in [0.3, 0.4) is 0 Å². The first-order valence-electron chi connectivity index (χ1n) is 7.81. The molecule has 130 valence electrons. The molecule has 6 heteroatoms. The fourth-order valence-corrected chi connectivity index (χ4v) is 2.91. The van der Waals surface area contributed by atoms with E-state index in [0.29, 0.717) is 22.1 Å². The summed E-state index contributed by atoms with van der Waals surface area (Å²) in [6, 6.07) is 10.2. The van der Waals surface area contributed by atoms with Crippen LogP contribution in [-0.4, -0.2) is 31.4 Å². The van der Waals surface area contributed by atoms with E-state index in [1.54, 1.807) is 34.9 Å². The van der Waals surface area contributed by atoms with Crippen molar-refractivity contribution in [2.45, 2.75) is 6.04 Å². The number of carbonyl (C=O) groups excluding carboxylic acids is 1. The van der Waals surface area contributed by atoms with E-state index in [1.165, 1.54) is 0 Å². The summed E-state index contributed by atoms with van der Waals surface area (Å²) in [6.45, 7) is 4.16. The van der Waals surface area contributed by atoms with E-state index >= 15 is 0 Å². The van der Waals surface area contributed by atoms with Crippen molar-refractivity contribution in [3.8, 4) is 0 Å². The van der Waals surface area contributed by atoms with E-state index in [9.17, 15) is 4.79 Å². The Hall–Kier alpha value is -2.24. The molecule has 2 rings (SSSR count). The number of benzene rings is 1. The summed E-state index contributed by atoms with van der Waals surface area (Å²) < 4.78 is 1.79. The highest BCUT2D eigenvalue weighted by Crippen LogP contribution is 2.20. The Kier molecular flexibility index (Phi) is 6.67. The predicted octanol–water partition coefficient (Wildman–Crippen LogP) is 3.22. The molecule has 0 spiro atoms. The van der Waals surface area contributed by atoms with Gasteiger partial charge in [0.25, 0.3) is 6.04 Å². The topological polar surface area (TPSA) is 36.2 Å². The second-order valence-corrected chi connectivity index (χ2v) is 6.53. The molecule has 1 aromatic heterocycles. The largest absolute Gasteiger partial charge is 0.377 e. The molecule has 0 aliphatic heterocycles. The second kappa shape index (κ2) is 8.74. The number of rotatable bonds is 7. The van der Waals surface area contributed by atoms with Gasteiger partial charge in [-0.3, -0.25) is 4.79 Å². The predicted molar refractivity (Wildman–Crippen MR) is 107 cm³/mol. The fourth-order valence-electron chi connectivity index (χ4n) is 2.37. The van der Waals surface area contributed by atoms with E-state index in [0.717, 1.165) is 5.69 Å². The number of nitrogens with one attached hydrogen (secondary N) is 1. The van der Waals surface area contributed by atoms with Crippen LogP contribution < -0.4 is 14.8 Å². The van der Waals surface area contributed by atoms with E-state index in [1.807, 2.05) is 43.5 Å². The number of carbonyl (C=O) groups is 1. The number of aromatic nitrogens is 1. The average Bonchev–Trinajstić information content (AvgIpc) is 2.60. The minimum Gasteiger partial charge on any atom is -0.377 e. The van der Waals surface area contributed by atoms with Crippen LogP contribution in [0.2, 0.25) is 5.02 Å². The molecule has 0 fully saturated rings. The normalized spacial score (nSPS) is 11.5. The zero-order valence-corrected chi connectivity index (χ0v) is 15.8. The summed E-state index contributed by atoms with van der Waals surface area (Å²) in [4.78, 5) is 15.5. The lowest BCUT2D eigenvalue weighted by Gasteiger charge is -2.16. The molecule has 2 aromatic rings. The van der Waals surface area contributed by atoms with Crippen molar-refractivity contribution in [2.75, 3.05) is 25.5 Å². The molecule has 1 aromatic carbocycles. The number of hydrogen-bond donors (Lipinski definition) is 1. The zero-order valence-electron chi connectivity index (χ0n) is 14.3. The van der Waals surface area contributed by atoms with Crippen molar-refractivity contribution in [2.24, 2.45) is 0 Å². The highest BCUT2D eigenvalue weighted by atomic mass is 35.5. The molecule has 1 N–H and O–H groups in total. The van der Waals surface area contributed by atoms with Crippen molar-refractivity contribution < 1.29 is 9.36 Å². The molecular weight excluding hydrogens is 354 g/mol. The molecule has 4 nitrogen and oxygen atoms in total. The SMILES string of the molecule is C=CCNC(=S)[C@H](C(=O)c1ccccc1Cl)[n+]1ccc(N(C)C)cc1. The van der Waals surface area contributed by atoms with Gasteiger partial charge in [0.2, 0.25) is 5.78 Å². The quantitative estimate of drug-likeness (QED) is 0.349. The van der Waals surface area contributed by atoms with Crippen LogP contribution in [0, 0.1) is 0 Å². The Bertz CT molecular complexity index is 774. The van der Waals surface area contributed by atoms with E-state index in [4.69, 9.17) is 23.8 Å². The molecule has 0 unspecified atom stereocenters. The number of halogens is 1. The molecule has 1 heterocycles. The lowest BCUT2D eigenvalue weighted by molar-refractivity contribution is -0.692. The standard InChI is InChI=1S/C19H20ClN3OS/c1-4-11-21-19(25)17(18(24)15-7-5-6-8-16(15)20)23-12-9-14(10-13-23)22(2)3/h4-10,12-13,17H,1,11H2,2-3H3/p+1/t17-/m0/s1. The van der Waals surface area contributed by atoms with Crippen LogP contribution in [0.4, 0.5) is 5.69 Å². The van der Waals surface area contributed by atoms with Crippen LogP contribution in [0.5, 0.6) is 0 Å². The van der Waals surface area contributed by atoms with Crippen LogP contribution in [0.1, 0.15) is 16.4 Å². The van der Waals surface area contributed by atoms with Crippen LogP contribution in [0.25, 0.3) is 0 Å². The summed E-state index contributed by atoms with van der Waals surface area (Å²) in [5, 5.41) is 3.47. The zero-order chi connectivity index (χ0) is 18.4. The third kappa shape index (κ3) is 4.65. The number of ketones is 1. The molecule has 0 bridgehead atoms. The van der Waals surface area contributed by atoms with Gasteiger partial charge in [-0.25, -0.2) is 0 Å². The van der Waals surface area contributed by atoms with Crippen molar-refractivity contribution in [1.82, 2.24) is 5.32 Å². The van der Waals surface area contributed by atoms with Gasteiger partial charge in [-0.2, -0.15) is 4.57 Å². The van der Waals surface area contributed by atoms with Gasteiger partial charge in [-0.15, -0.1) is 6.58 Å². The lowest BCUT2D eigenvalue weighted by Crippen LogP contribution is -2.51. The molecule has 1 atom stereocenters. The number of thiocarbonyl (C=S) groups is 1. The first-order chi connectivity index (χ1) is 12.0. The maximum Gasteiger partial charge on any atom is 0.270 e. The number of anilines is 1. The highest BCUT2D eigenvalue weighted by Gasteiger charge is 2.34. The van der Waals surface area contributed by atoms with E-state index in [2.05, 4.69) is 11.9 Å². The molecule has 0 saturated carbocycles. The fraction of sp³-hybridized carbons (Fsp3) is 0.211. The van der Waals surface area contributed by atoms with Crippen molar-refractivity contribution in [3.63, 3.8) is 0 Å². The van der Waals surface area contributed by atoms with Crippen molar-refractivity contribution >= 4 is 40.3 Å². The summed E-state index contributed by atoms with van der Waals surface area (Å²) in [5.41, 5.74) is 1.48. The van der Waals surface area contributed by atoms with Crippen LogP contribution >= 0.6 is 23.8 Å². The maximum atomic E-state index is 13.1. The Labute approximate surface area is 158 Å². The minimum absolute atomic E-state index is 0.158. The van der Waals surface area contributed by atoms with Gasteiger partial charge in [0.1, 0.15) is 0 Å². The number of Topliss-reactive ketones (excluding diaryl/α,β-unsaturated/α-hetero) is 1. The van der Waals surface area contributed by atoms with Gasteiger partial charge in [0, 0.05) is 44.0 Å². The van der Waals surface area contributed by atoms with Gasteiger partial charge < -0.3 is 10.2 Å². The number of hydrogen-bond acceptors (Lipinski definition) is 3. The molecule has 0 aliphatic carbocycles. The van der Waals surface area contributed by atoms with E-state index in [-0.39, 0.29) is 5.78 Å². The molecule has 0 amide bonds. The highest BCUT2D eigenvalue weighted by molar-refractivity contribution is 7.80. The van der Waals surface area contributed by atoms with Gasteiger partial charge in [-0.05, 0) is 12.1 Å². The van der Waals surface area contributed by atoms with Crippen molar-refractivity contribution in [1.29, 1.82) is 0 Å².